The highest BCUT2D eigenvalue weighted by Crippen LogP contribution is 2.13. The van der Waals surface area contributed by atoms with E-state index >= 15 is 0 Å². The predicted molar refractivity (Wildman–Crippen MR) is 89.0 cm³/mol. The highest BCUT2D eigenvalue weighted by molar-refractivity contribution is 5.93. The van der Waals surface area contributed by atoms with Gasteiger partial charge in [-0.05, 0) is 25.5 Å². The van der Waals surface area contributed by atoms with E-state index in [4.69, 9.17) is 0 Å². The van der Waals surface area contributed by atoms with Crippen molar-refractivity contribution in [3.8, 4) is 5.95 Å². The number of aromatic amines is 1. The number of aromatic nitrogens is 4. The van der Waals surface area contributed by atoms with Crippen LogP contribution in [0.5, 0.6) is 0 Å². The van der Waals surface area contributed by atoms with E-state index in [2.05, 4.69) is 20.4 Å². The summed E-state index contributed by atoms with van der Waals surface area (Å²) >= 11 is 0. The zero-order valence-electron chi connectivity index (χ0n) is 13.4. The predicted octanol–water partition coefficient (Wildman–Crippen LogP) is 1.76. The molecule has 0 aliphatic carbocycles. The van der Waals surface area contributed by atoms with Crippen LogP contribution >= 0.6 is 0 Å². The summed E-state index contributed by atoms with van der Waals surface area (Å²) in [4.78, 5) is 31.1. The smallest absolute Gasteiger partial charge is 0.265 e. The van der Waals surface area contributed by atoms with Gasteiger partial charge in [-0.15, -0.1) is 0 Å². The summed E-state index contributed by atoms with van der Waals surface area (Å²) in [6.07, 6.45) is 4.48. The van der Waals surface area contributed by atoms with Crippen LogP contribution in [0.2, 0.25) is 0 Å². The van der Waals surface area contributed by atoms with E-state index in [1.165, 1.54) is 10.9 Å². The summed E-state index contributed by atoms with van der Waals surface area (Å²) < 4.78 is 1.41. The normalized spacial score (nSPS) is 11.9. The van der Waals surface area contributed by atoms with E-state index in [1.54, 1.807) is 18.5 Å². The van der Waals surface area contributed by atoms with Crippen LogP contribution in [0.25, 0.3) is 5.95 Å². The lowest BCUT2D eigenvalue weighted by Crippen LogP contribution is -2.32. The molecule has 0 aliphatic rings. The average Bonchev–Trinajstić information content (AvgIpc) is 3.09. The Morgan fingerprint density at radius 2 is 2.04 bits per heavy atom. The van der Waals surface area contributed by atoms with Crippen molar-refractivity contribution in [1.82, 2.24) is 25.1 Å². The molecule has 24 heavy (non-hydrogen) atoms. The number of carbonyl (C=O) groups excluding carboxylic acids is 1. The molecule has 0 bridgehead atoms. The standard InChI is InChI=1S/C17H17N5O2/c1-11-4-6-13(7-5-11)12(2)20-15(23)14-10-18-17(21-16(14)24)22-9-3-8-19-22/h3-10,12H,1-2H3,(H,20,23)(H,18,21,24). The minimum absolute atomic E-state index is 0.0372. The van der Waals surface area contributed by atoms with Crippen LogP contribution < -0.4 is 10.9 Å². The van der Waals surface area contributed by atoms with Gasteiger partial charge in [-0.25, -0.2) is 9.67 Å². The maximum Gasteiger partial charge on any atom is 0.265 e. The molecule has 1 aromatic carbocycles. The Labute approximate surface area is 138 Å². The van der Waals surface area contributed by atoms with Gasteiger partial charge in [-0.3, -0.25) is 14.6 Å². The van der Waals surface area contributed by atoms with Crippen molar-refractivity contribution in [2.45, 2.75) is 19.9 Å². The molecule has 0 saturated carbocycles. The lowest BCUT2D eigenvalue weighted by Gasteiger charge is -2.14. The largest absolute Gasteiger partial charge is 0.345 e. The van der Waals surface area contributed by atoms with Crippen molar-refractivity contribution in [2.24, 2.45) is 0 Å². The summed E-state index contributed by atoms with van der Waals surface area (Å²) in [7, 11) is 0. The Balaban J connectivity index is 1.77. The summed E-state index contributed by atoms with van der Waals surface area (Å²) in [5, 5.41) is 6.79. The van der Waals surface area contributed by atoms with Crippen LogP contribution in [0.1, 0.15) is 34.5 Å². The number of benzene rings is 1. The van der Waals surface area contributed by atoms with Gasteiger partial charge >= 0.3 is 0 Å². The monoisotopic (exact) mass is 323 g/mol. The number of H-pyrrole nitrogens is 1. The molecule has 1 atom stereocenters. The first kappa shape index (κ1) is 15.7. The Morgan fingerprint density at radius 1 is 1.29 bits per heavy atom. The molecule has 7 nitrogen and oxygen atoms in total. The van der Waals surface area contributed by atoms with Crippen LogP contribution in [0.4, 0.5) is 0 Å². The van der Waals surface area contributed by atoms with Crippen molar-refractivity contribution in [1.29, 1.82) is 0 Å². The number of nitrogens with one attached hydrogen (secondary N) is 2. The molecule has 2 heterocycles. The highest BCUT2D eigenvalue weighted by Gasteiger charge is 2.15. The van der Waals surface area contributed by atoms with Gasteiger partial charge in [-0.2, -0.15) is 5.10 Å². The molecule has 7 heteroatoms. The molecule has 0 spiro atoms. The van der Waals surface area contributed by atoms with Crippen molar-refractivity contribution in [3.05, 3.63) is 76.0 Å². The van der Waals surface area contributed by atoms with Crippen molar-refractivity contribution in [3.63, 3.8) is 0 Å². The molecule has 0 saturated heterocycles. The lowest BCUT2D eigenvalue weighted by atomic mass is 10.1. The zero-order valence-corrected chi connectivity index (χ0v) is 13.4. The second kappa shape index (κ2) is 6.49. The fourth-order valence-electron chi connectivity index (χ4n) is 2.27. The minimum atomic E-state index is -0.510. The molecule has 2 aromatic heterocycles. The van der Waals surface area contributed by atoms with Crippen molar-refractivity contribution >= 4 is 5.91 Å². The maximum atomic E-state index is 12.3. The number of hydrogen-bond donors (Lipinski definition) is 2. The van der Waals surface area contributed by atoms with Gasteiger partial charge in [0.1, 0.15) is 5.56 Å². The number of nitrogens with zero attached hydrogens (tertiary/aromatic N) is 3. The molecular weight excluding hydrogens is 306 g/mol. The molecule has 0 aliphatic heterocycles. The Bertz CT molecular complexity index is 897. The molecule has 0 radical (unpaired) electrons. The minimum Gasteiger partial charge on any atom is -0.345 e. The highest BCUT2D eigenvalue weighted by atomic mass is 16.2. The second-order valence-corrected chi connectivity index (χ2v) is 5.51. The van der Waals surface area contributed by atoms with Gasteiger partial charge in [0.05, 0.1) is 6.04 Å². The van der Waals surface area contributed by atoms with Gasteiger partial charge in [0.2, 0.25) is 5.95 Å². The summed E-state index contributed by atoms with van der Waals surface area (Å²) in [5.41, 5.74) is 1.56. The quantitative estimate of drug-likeness (QED) is 0.765. The number of hydrogen-bond acceptors (Lipinski definition) is 4. The van der Waals surface area contributed by atoms with Gasteiger partial charge < -0.3 is 5.32 Å². The first-order valence-electron chi connectivity index (χ1n) is 7.51. The molecule has 122 valence electrons. The summed E-state index contributed by atoms with van der Waals surface area (Å²) in [5.74, 6) is -0.211. The number of amides is 1. The zero-order chi connectivity index (χ0) is 17.1. The lowest BCUT2D eigenvalue weighted by molar-refractivity contribution is 0.0938. The molecule has 2 N–H and O–H groups in total. The third-order valence-electron chi connectivity index (χ3n) is 3.68. The van der Waals surface area contributed by atoms with Crippen molar-refractivity contribution < 1.29 is 4.79 Å². The molecule has 1 amide bonds. The van der Waals surface area contributed by atoms with Crippen LogP contribution in [-0.2, 0) is 0 Å². The number of rotatable bonds is 4. The SMILES string of the molecule is Cc1ccc(C(C)NC(=O)c2cnc(-n3cccn3)[nH]c2=O)cc1. The summed E-state index contributed by atoms with van der Waals surface area (Å²) in [6.45, 7) is 3.86. The third kappa shape index (κ3) is 3.24. The second-order valence-electron chi connectivity index (χ2n) is 5.51. The first-order valence-corrected chi connectivity index (χ1v) is 7.51. The van der Waals surface area contributed by atoms with Crippen LogP contribution in [-0.4, -0.2) is 25.7 Å². The fourth-order valence-corrected chi connectivity index (χ4v) is 2.27. The fraction of sp³-hybridized carbons (Fsp3) is 0.176. The van der Waals surface area contributed by atoms with Crippen LogP contribution in [0.15, 0.2) is 53.7 Å². The van der Waals surface area contributed by atoms with E-state index in [9.17, 15) is 9.59 Å². The molecular formula is C17H17N5O2. The number of carbonyl (C=O) groups is 1. The van der Waals surface area contributed by atoms with E-state index < -0.39 is 11.5 Å². The topological polar surface area (TPSA) is 92.7 Å². The number of aryl methyl sites for hydroxylation is 1. The summed E-state index contributed by atoms with van der Waals surface area (Å²) in [6, 6.07) is 9.34. The Hall–Kier alpha value is -3.22. The molecule has 3 aromatic rings. The van der Waals surface area contributed by atoms with Gasteiger partial charge in [-0.1, -0.05) is 29.8 Å². The van der Waals surface area contributed by atoms with Gasteiger partial charge in [0.25, 0.3) is 11.5 Å². The molecule has 1 unspecified atom stereocenters. The third-order valence-corrected chi connectivity index (χ3v) is 3.68. The van der Waals surface area contributed by atoms with E-state index in [1.807, 2.05) is 38.1 Å². The van der Waals surface area contributed by atoms with Crippen molar-refractivity contribution in [2.75, 3.05) is 0 Å². The van der Waals surface area contributed by atoms with E-state index in [0.717, 1.165) is 11.1 Å². The van der Waals surface area contributed by atoms with Crippen LogP contribution in [0.3, 0.4) is 0 Å². The van der Waals surface area contributed by atoms with Crippen LogP contribution in [0, 0.1) is 6.92 Å². The van der Waals surface area contributed by atoms with Gasteiger partial charge in [0.15, 0.2) is 0 Å². The van der Waals surface area contributed by atoms with E-state index in [-0.39, 0.29) is 17.6 Å². The molecule has 3 rings (SSSR count). The average molecular weight is 323 g/mol. The Kier molecular flexibility index (Phi) is 4.24. The van der Waals surface area contributed by atoms with E-state index in [0.29, 0.717) is 0 Å². The Morgan fingerprint density at radius 3 is 2.67 bits per heavy atom. The van der Waals surface area contributed by atoms with Gasteiger partial charge in [0, 0.05) is 18.6 Å². The maximum absolute atomic E-state index is 12.3. The first-order chi connectivity index (χ1) is 11.5. The molecule has 0 fully saturated rings.